The number of benzene rings is 1. The Morgan fingerprint density at radius 1 is 1.15 bits per heavy atom. The molecular weight excluding hydrogens is 248 g/mol. The number of aryl methyl sites for hydroxylation is 1. The lowest BCUT2D eigenvalue weighted by molar-refractivity contribution is 0.418. The summed E-state index contributed by atoms with van der Waals surface area (Å²) in [6, 6.07) is 8.57. The summed E-state index contributed by atoms with van der Waals surface area (Å²) in [4.78, 5) is 0. The van der Waals surface area contributed by atoms with Crippen LogP contribution in [0.25, 0.3) is 11.3 Å². The van der Waals surface area contributed by atoms with Gasteiger partial charge in [0.15, 0.2) is 5.76 Å². The maximum absolute atomic E-state index is 5.43. The lowest BCUT2D eigenvalue weighted by Gasteiger charge is -2.20. The van der Waals surface area contributed by atoms with Crippen LogP contribution in [-0.4, -0.2) is 10.7 Å². The Hall–Kier alpha value is -1.61. The molecule has 0 saturated carbocycles. The molecule has 1 N–H and O–H groups in total. The standard InChI is InChI=1S/C17H24N2O/c1-5-6-13-7-9-14(10-8-13)16-15(12-19-20-16)11-18-17(2,3)4/h7-10,12,18H,5-6,11H2,1-4H3. The van der Waals surface area contributed by atoms with E-state index >= 15 is 0 Å². The number of rotatable bonds is 5. The van der Waals surface area contributed by atoms with Crippen molar-refractivity contribution in [1.82, 2.24) is 10.5 Å². The Balaban J connectivity index is 2.14. The minimum absolute atomic E-state index is 0.0829. The van der Waals surface area contributed by atoms with Gasteiger partial charge < -0.3 is 9.84 Å². The van der Waals surface area contributed by atoms with Gasteiger partial charge in [0.2, 0.25) is 0 Å². The second-order valence-corrected chi connectivity index (χ2v) is 6.23. The molecule has 0 aliphatic rings. The van der Waals surface area contributed by atoms with Crippen LogP contribution in [0.15, 0.2) is 35.0 Å². The molecule has 108 valence electrons. The lowest BCUT2D eigenvalue weighted by Crippen LogP contribution is -2.35. The van der Waals surface area contributed by atoms with E-state index in [9.17, 15) is 0 Å². The Labute approximate surface area is 121 Å². The first-order valence-electron chi connectivity index (χ1n) is 7.27. The fraction of sp³-hybridized carbons (Fsp3) is 0.471. The van der Waals surface area contributed by atoms with Crippen molar-refractivity contribution in [2.24, 2.45) is 0 Å². The second-order valence-electron chi connectivity index (χ2n) is 6.23. The van der Waals surface area contributed by atoms with E-state index in [2.05, 4.69) is 62.4 Å². The number of hydrogen-bond donors (Lipinski definition) is 1. The predicted octanol–water partition coefficient (Wildman–Crippen LogP) is 4.18. The molecular formula is C17H24N2O. The van der Waals surface area contributed by atoms with Crippen molar-refractivity contribution in [3.63, 3.8) is 0 Å². The van der Waals surface area contributed by atoms with Gasteiger partial charge in [-0.15, -0.1) is 0 Å². The molecule has 2 rings (SSSR count). The van der Waals surface area contributed by atoms with Gasteiger partial charge in [0.05, 0.1) is 6.20 Å². The average Bonchev–Trinajstić information content (AvgIpc) is 2.85. The zero-order valence-electron chi connectivity index (χ0n) is 12.9. The summed E-state index contributed by atoms with van der Waals surface area (Å²) >= 11 is 0. The van der Waals surface area contributed by atoms with Gasteiger partial charge in [0.1, 0.15) is 0 Å². The normalized spacial score (nSPS) is 11.8. The van der Waals surface area contributed by atoms with Crippen LogP contribution in [0.2, 0.25) is 0 Å². The molecule has 0 saturated heterocycles. The van der Waals surface area contributed by atoms with Crippen molar-refractivity contribution in [2.45, 2.75) is 52.6 Å². The van der Waals surface area contributed by atoms with E-state index in [0.29, 0.717) is 0 Å². The zero-order valence-corrected chi connectivity index (χ0v) is 12.9. The van der Waals surface area contributed by atoms with E-state index in [1.807, 2.05) is 0 Å². The number of hydrogen-bond acceptors (Lipinski definition) is 3. The Morgan fingerprint density at radius 3 is 2.45 bits per heavy atom. The van der Waals surface area contributed by atoms with Crippen molar-refractivity contribution in [1.29, 1.82) is 0 Å². The molecule has 1 heterocycles. The van der Waals surface area contributed by atoms with E-state index in [1.165, 1.54) is 12.0 Å². The highest BCUT2D eigenvalue weighted by atomic mass is 16.5. The molecule has 0 aliphatic carbocycles. The third kappa shape index (κ3) is 3.94. The van der Waals surface area contributed by atoms with Crippen molar-refractivity contribution >= 4 is 0 Å². The van der Waals surface area contributed by atoms with Crippen LogP contribution in [0.5, 0.6) is 0 Å². The quantitative estimate of drug-likeness (QED) is 0.887. The van der Waals surface area contributed by atoms with Crippen LogP contribution in [0.3, 0.4) is 0 Å². The molecule has 0 spiro atoms. The number of nitrogens with one attached hydrogen (secondary N) is 1. The van der Waals surface area contributed by atoms with Crippen LogP contribution in [0.1, 0.15) is 45.2 Å². The van der Waals surface area contributed by atoms with Gasteiger partial charge in [-0.2, -0.15) is 0 Å². The van der Waals surface area contributed by atoms with Gasteiger partial charge in [-0.05, 0) is 32.8 Å². The summed E-state index contributed by atoms with van der Waals surface area (Å²) in [6.07, 6.45) is 4.09. The highest BCUT2D eigenvalue weighted by molar-refractivity contribution is 5.61. The molecule has 0 atom stereocenters. The predicted molar refractivity (Wildman–Crippen MR) is 82.5 cm³/mol. The van der Waals surface area contributed by atoms with Crippen molar-refractivity contribution in [3.05, 3.63) is 41.6 Å². The number of nitrogens with zero attached hydrogens (tertiary/aromatic N) is 1. The van der Waals surface area contributed by atoms with Crippen molar-refractivity contribution in [2.75, 3.05) is 0 Å². The molecule has 1 aromatic carbocycles. The molecule has 3 heteroatoms. The minimum atomic E-state index is 0.0829. The first kappa shape index (κ1) is 14.8. The fourth-order valence-corrected chi connectivity index (χ4v) is 2.10. The summed E-state index contributed by atoms with van der Waals surface area (Å²) in [7, 11) is 0. The van der Waals surface area contributed by atoms with E-state index in [-0.39, 0.29) is 5.54 Å². The largest absolute Gasteiger partial charge is 0.356 e. The smallest absolute Gasteiger partial charge is 0.171 e. The van der Waals surface area contributed by atoms with Crippen LogP contribution in [-0.2, 0) is 13.0 Å². The fourth-order valence-electron chi connectivity index (χ4n) is 2.10. The van der Waals surface area contributed by atoms with E-state index < -0.39 is 0 Å². The van der Waals surface area contributed by atoms with E-state index in [4.69, 9.17) is 4.52 Å². The third-order valence-corrected chi connectivity index (χ3v) is 3.21. The molecule has 2 aromatic rings. The molecule has 0 bridgehead atoms. The SMILES string of the molecule is CCCc1ccc(-c2oncc2CNC(C)(C)C)cc1. The molecule has 0 amide bonds. The zero-order chi connectivity index (χ0) is 14.6. The van der Waals surface area contributed by atoms with Crippen LogP contribution >= 0.6 is 0 Å². The lowest BCUT2D eigenvalue weighted by atomic mass is 10.0. The van der Waals surface area contributed by atoms with Crippen molar-refractivity contribution < 1.29 is 4.52 Å². The van der Waals surface area contributed by atoms with Crippen LogP contribution in [0, 0.1) is 0 Å². The summed E-state index contributed by atoms with van der Waals surface area (Å²) in [5, 5.41) is 7.41. The third-order valence-electron chi connectivity index (χ3n) is 3.21. The topological polar surface area (TPSA) is 38.1 Å². The average molecular weight is 272 g/mol. The van der Waals surface area contributed by atoms with Gasteiger partial charge >= 0.3 is 0 Å². The maximum Gasteiger partial charge on any atom is 0.171 e. The summed E-state index contributed by atoms with van der Waals surface area (Å²) in [5.74, 6) is 0.866. The second kappa shape index (κ2) is 6.23. The maximum atomic E-state index is 5.43. The first-order valence-corrected chi connectivity index (χ1v) is 7.27. The van der Waals surface area contributed by atoms with Crippen LogP contribution < -0.4 is 5.32 Å². The highest BCUT2D eigenvalue weighted by Crippen LogP contribution is 2.24. The minimum Gasteiger partial charge on any atom is -0.356 e. The van der Waals surface area contributed by atoms with Crippen LogP contribution in [0.4, 0.5) is 0 Å². The van der Waals surface area contributed by atoms with Gasteiger partial charge in [-0.1, -0.05) is 42.8 Å². The molecule has 1 aromatic heterocycles. The molecule has 0 aliphatic heterocycles. The van der Waals surface area contributed by atoms with Gasteiger partial charge in [0, 0.05) is 23.2 Å². The van der Waals surface area contributed by atoms with Gasteiger partial charge in [0.25, 0.3) is 0 Å². The molecule has 0 fully saturated rings. The monoisotopic (exact) mass is 272 g/mol. The summed E-state index contributed by atoms with van der Waals surface area (Å²) < 4.78 is 5.43. The van der Waals surface area contributed by atoms with E-state index in [0.717, 1.165) is 29.9 Å². The molecule has 20 heavy (non-hydrogen) atoms. The van der Waals surface area contributed by atoms with Gasteiger partial charge in [-0.3, -0.25) is 0 Å². The van der Waals surface area contributed by atoms with Crippen molar-refractivity contribution in [3.8, 4) is 11.3 Å². The number of aromatic nitrogens is 1. The molecule has 0 radical (unpaired) electrons. The summed E-state index contributed by atoms with van der Waals surface area (Å²) in [6.45, 7) is 9.42. The molecule has 0 unspecified atom stereocenters. The van der Waals surface area contributed by atoms with E-state index in [1.54, 1.807) is 6.20 Å². The molecule has 3 nitrogen and oxygen atoms in total. The Morgan fingerprint density at radius 2 is 1.85 bits per heavy atom. The van der Waals surface area contributed by atoms with Gasteiger partial charge in [-0.25, -0.2) is 0 Å². The highest BCUT2D eigenvalue weighted by Gasteiger charge is 2.14. The summed E-state index contributed by atoms with van der Waals surface area (Å²) in [5.41, 5.74) is 3.64. The Bertz CT molecular complexity index is 535. The Kier molecular flexibility index (Phi) is 4.61. The first-order chi connectivity index (χ1) is 9.49.